The molecule has 6 heteroatoms. The number of alkyl halides is 3. The minimum atomic E-state index is -4.48. The zero-order chi connectivity index (χ0) is 14.0. The van der Waals surface area contributed by atoms with E-state index in [4.69, 9.17) is 4.74 Å². The van der Waals surface area contributed by atoms with E-state index in [1.54, 1.807) is 0 Å². The summed E-state index contributed by atoms with van der Waals surface area (Å²) in [4.78, 5) is 0. The van der Waals surface area contributed by atoms with Crippen molar-refractivity contribution < 1.29 is 23.0 Å². The molecule has 1 aliphatic heterocycles. The van der Waals surface area contributed by atoms with Gasteiger partial charge in [-0.2, -0.15) is 13.2 Å². The lowest BCUT2D eigenvalue weighted by Gasteiger charge is -2.28. The lowest BCUT2D eigenvalue weighted by Crippen LogP contribution is -2.25. The molecule has 1 fully saturated rings. The SMILES string of the molecule is OC(c1ccc(Br)cc1C(F)(F)F)C1CCCOC1. The van der Waals surface area contributed by atoms with Crippen LogP contribution in [0.1, 0.15) is 30.1 Å². The summed E-state index contributed by atoms with van der Waals surface area (Å²) in [6, 6.07) is 3.84. The van der Waals surface area contributed by atoms with Gasteiger partial charge in [-0.3, -0.25) is 0 Å². The molecule has 2 atom stereocenters. The molecule has 1 heterocycles. The van der Waals surface area contributed by atoms with Gasteiger partial charge in [0.1, 0.15) is 0 Å². The first-order chi connectivity index (χ1) is 8.89. The van der Waals surface area contributed by atoms with Gasteiger partial charge in [0.15, 0.2) is 0 Å². The Kier molecular flexibility index (Phi) is 4.53. The number of aliphatic hydroxyl groups excluding tert-OH is 1. The van der Waals surface area contributed by atoms with E-state index in [9.17, 15) is 18.3 Å². The molecule has 1 aromatic rings. The van der Waals surface area contributed by atoms with Crippen LogP contribution in [-0.4, -0.2) is 18.3 Å². The van der Waals surface area contributed by atoms with Crippen molar-refractivity contribution in [3.8, 4) is 0 Å². The van der Waals surface area contributed by atoms with Crippen LogP contribution >= 0.6 is 15.9 Å². The molecule has 1 saturated heterocycles. The van der Waals surface area contributed by atoms with E-state index in [0.29, 0.717) is 24.1 Å². The van der Waals surface area contributed by atoms with E-state index in [-0.39, 0.29) is 11.5 Å². The molecule has 2 nitrogen and oxygen atoms in total. The summed E-state index contributed by atoms with van der Waals surface area (Å²) >= 11 is 3.03. The molecule has 1 aromatic carbocycles. The Balaban J connectivity index is 2.32. The summed E-state index contributed by atoms with van der Waals surface area (Å²) in [5.74, 6) is -0.281. The molecule has 0 aromatic heterocycles. The molecule has 19 heavy (non-hydrogen) atoms. The Labute approximate surface area is 117 Å². The van der Waals surface area contributed by atoms with Crippen LogP contribution < -0.4 is 0 Å². The lowest BCUT2D eigenvalue weighted by atomic mass is 9.88. The van der Waals surface area contributed by atoms with Crippen LogP contribution in [0.15, 0.2) is 22.7 Å². The Morgan fingerprint density at radius 3 is 2.68 bits per heavy atom. The first-order valence-corrected chi connectivity index (χ1v) is 6.81. The fourth-order valence-electron chi connectivity index (χ4n) is 2.30. The summed E-state index contributed by atoms with van der Waals surface area (Å²) in [6.07, 6.45) is -4.19. The molecule has 1 N–H and O–H groups in total. The summed E-state index contributed by atoms with van der Waals surface area (Å²) in [6.45, 7) is 0.907. The smallest absolute Gasteiger partial charge is 0.388 e. The third-order valence-corrected chi connectivity index (χ3v) is 3.77. The van der Waals surface area contributed by atoms with Crippen molar-refractivity contribution >= 4 is 15.9 Å². The van der Waals surface area contributed by atoms with Gasteiger partial charge in [0.25, 0.3) is 0 Å². The summed E-state index contributed by atoms with van der Waals surface area (Å²) < 4.78 is 44.5. The monoisotopic (exact) mass is 338 g/mol. The Morgan fingerprint density at radius 2 is 2.11 bits per heavy atom. The van der Waals surface area contributed by atoms with Gasteiger partial charge >= 0.3 is 6.18 Å². The van der Waals surface area contributed by atoms with Crippen molar-refractivity contribution in [3.63, 3.8) is 0 Å². The summed E-state index contributed by atoms with van der Waals surface area (Å²) in [5, 5.41) is 10.2. The second-order valence-electron chi connectivity index (χ2n) is 4.65. The Bertz CT molecular complexity index is 442. The van der Waals surface area contributed by atoms with Gasteiger partial charge in [-0.05, 0) is 30.5 Å². The molecular weight excluding hydrogens is 325 g/mol. The highest BCUT2D eigenvalue weighted by Crippen LogP contribution is 2.39. The van der Waals surface area contributed by atoms with Gasteiger partial charge in [-0.1, -0.05) is 22.0 Å². The highest BCUT2D eigenvalue weighted by atomic mass is 79.9. The quantitative estimate of drug-likeness (QED) is 0.885. The molecule has 1 aliphatic rings. The average molecular weight is 339 g/mol. The Morgan fingerprint density at radius 1 is 1.37 bits per heavy atom. The average Bonchev–Trinajstić information content (AvgIpc) is 2.38. The lowest BCUT2D eigenvalue weighted by molar-refractivity contribution is -0.140. The number of benzene rings is 1. The van der Waals surface area contributed by atoms with Crippen LogP contribution in [0.2, 0.25) is 0 Å². The van der Waals surface area contributed by atoms with Gasteiger partial charge in [0.2, 0.25) is 0 Å². The number of hydrogen-bond donors (Lipinski definition) is 1. The number of hydrogen-bond acceptors (Lipinski definition) is 2. The van der Waals surface area contributed by atoms with Gasteiger partial charge in [0.05, 0.1) is 18.3 Å². The minimum absolute atomic E-state index is 0.0776. The second-order valence-corrected chi connectivity index (χ2v) is 5.57. The van der Waals surface area contributed by atoms with Crippen molar-refractivity contribution in [3.05, 3.63) is 33.8 Å². The summed E-state index contributed by atoms with van der Waals surface area (Å²) in [7, 11) is 0. The number of ether oxygens (including phenoxy) is 1. The fraction of sp³-hybridized carbons (Fsp3) is 0.538. The standard InChI is InChI=1S/C13H14BrF3O2/c14-9-3-4-10(11(6-9)13(15,16)17)12(18)8-2-1-5-19-7-8/h3-4,6,8,12,18H,1-2,5,7H2. The van der Waals surface area contributed by atoms with Gasteiger partial charge in [-0.25, -0.2) is 0 Å². The third kappa shape index (κ3) is 3.49. The summed E-state index contributed by atoms with van der Waals surface area (Å²) in [5.41, 5.74) is -0.869. The van der Waals surface area contributed by atoms with E-state index in [0.717, 1.165) is 12.5 Å². The van der Waals surface area contributed by atoms with Crippen LogP contribution in [0.3, 0.4) is 0 Å². The maximum atomic E-state index is 13.0. The van der Waals surface area contributed by atoms with Crippen LogP contribution in [0, 0.1) is 5.92 Å². The maximum Gasteiger partial charge on any atom is 0.416 e. The van der Waals surface area contributed by atoms with E-state index < -0.39 is 17.8 Å². The van der Waals surface area contributed by atoms with Crippen molar-refractivity contribution in [2.75, 3.05) is 13.2 Å². The van der Waals surface area contributed by atoms with Crippen molar-refractivity contribution in [1.82, 2.24) is 0 Å². The normalized spacial score (nSPS) is 22.3. The number of halogens is 4. The minimum Gasteiger partial charge on any atom is -0.388 e. The topological polar surface area (TPSA) is 29.5 Å². The predicted molar refractivity (Wildman–Crippen MR) is 67.6 cm³/mol. The van der Waals surface area contributed by atoms with Crippen molar-refractivity contribution in [2.45, 2.75) is 25.1 Å². The zero-order valence-corrected chi connectivity index (χ0v) is 11.7. The fourth-order valence-corrected chi connectivity index (χ4v) is 2.66. The van der Waals surface area contributed by atoms with E-state index in [2.05, 4.69) is 15.9 Å². The third-order valence-electron chi connectivity index (χ3n) is 3.28. The predicted octanol–water partition coefficient (Wildman–Crippen LogP) is 3.93. The van der Waals surface area contributed by atoms with Gasteiger partial charge < -0.3 is 9.84 Å². The second kappa shape index (κ2) is 5.81. The zero-order valence-electron chi connectivity index (χ0n) is 10.1. The first kappa shape index (κ1) is 14.8. The molecule has 0 bridgehead atoms. The van der Waals surface area contributed by atoms with Crippen molar-refractivity contribution in [2.24, 2.45) is 5.92 Å². The molecule has 0 spiro atoms. The first-order valence-electron chi connectivity index (χ1n) is 6.02. The van der Waals surface area contributed by atoms with E-state index >= 15 is 0 Å². The van der Waals surface area contributed by atoms with Crippen LogP contribution in [0.5, 0.6) is 0 Å². The Hall–Kier alpha value is -0.590. The molecule has 0 saturated carbocycles. The van der Waals surface area contributed by atoms with Gasteiger partial charge in [0, 0.05) is 17.0 Å². The molecular formula is C13H14BrF3O2. The maximum absolute atomic E-state index is 13.0. The van der Waals surface area contributed by atoms with Crippen molar-refractivity contribution in [1.29, 1.82) is 0 Å². The number of rotatable bonds is 2. The largest absolute Gasteiger partial charge is 0.416 e. The molecule has 2 unspecified atom stereocenters. The highest BCUT2D eigenvalue weighted by Gasteiger charge is 2.37. The highest BCUT2D eigenvalue weighted by molar-refractivity contribution is 9.10. The molecule has 0 radical (unpaired) electrons. The van der Waals surface area contributed by atoms with Crippen LogP contribution in [0.4, 0.5) is 13.2 Å². The van der Waals surface area contributed by atoms with Crippen LogP contribution in [-0.2, 0) is 10.9 Å². The van der Waals surface area contributed by atoms with E-state index in [1.807, 2.05) is 0 Å². The van der Waals surface area contributed by atoms with Crippen LogP contribution in [0.25, 0.3) is 0 Å². The molecule has 0 aliphatic carbocycles. The molecule has 106 valence electrons. The van der Waals surface area contributed by atoms with Gasteiger partial charge in [-0.15, -0.1) is 0 Å². The number of aliphatic hydroxyl groups is 1. The molecule has 2 rings (SSSR count). The van der Waals surface area contributed by atoms with E-state index in [1.165, 1.54) is 12.1 Å². The molecule has 0 amide bonds.